The molecule has 1 aromatic heterocycles. The van der Waals surface area contributed by atoms with Gasteiger partial charge in [-0.3, -0.25) is 0 Å². The van der Waals surface area contributed by atoms with Gasteiger partial charge in [-0.2, -0.15) is 0 Å². The third kappa shape index (κ3) is 6.61. The molecule has 0 bridgehead atoms. The lowest BCUT2D eigenvalue weighted by Crippen LogP contribution is -2.09. The van der Waals surface area contributed by atoms with Crippen LogP contribution in [0, 0.1) is 0 Å². The number of nitrogens with zero attached hydrogens (tertiary/aromatic N) is 1. The fraction of sp³-hybridized carbons (Fsp3) is 0. The zero-order valence-corrected chi connectivity index (χ0v) is 32.9. The van der Waals surface area contributed by atoms with Crippen LogP contribution in [0.5, 0.6) is 0 Å². The second kappa shape index (κ2) is 15.1. The van der Waals surface area contributed by atoms with Gasteiger partial charge in [-0.05, 0) is 121 Å². The van der Waals surface area contributed by atoms with Gasteiger partial charge in [0.25, 0.3) is 0 Å². The number of rotatable bonds is 8. The van der Waals surface area contributed by atoms with Gasteiger partial charge in [0.05, 0.1) is 0 Å². The smallest absolute Gasteiger partial charge is 0.136 e. The Morgan fingerprint density at radius 2 is 0.800 bits per heavy atom. The average molecular weight is 766 g/mol. The maximum Gasteiger partial charge on any atom is 0.136 e. The van der Waals surface area contributed by atoms with Crippen LogP contribution in [0.15, 0.2) is 241 Å². The highest BCUT2D eigenvalue weighted by atomic mass is 16.3. The summed E-state index contributed by atoms with van der Waals surface area (Å²) in [4.78, 5) is 2.35. The van der Waals surface area contributed by atoms with E-state index in [1.165, 1.54) is 43.8 Å². The predicted octanol–water partition coefficient (Wildman–Crippen LogP) is 16.5. The molecule has 0 atom stereocenters. The molecule has 0 unspecified atom stereocenters. The minimum atomic E-state index is 0.861. The lowest BCUT2D eigenvalue weighted by Gasteiger charge is -2.26. The maximum atomic E-state index is 6.45. The van der Waals surface area contributed by atoms with Crippen molar-refractivity contribution >= 4 is 49.6 Å². The van der Waals surface area contributed by atoms with E-state index < -0.39 is 0 Å². The van der Waals surface area contributed by atoms with Crippen molar-refractivity contribution in [3.8, 4) is 55.8 Å². The summed E-state index contributed by atoms with van der Waals surface area (Å²) in [7, 11) is 0. The summed E-state index contributed by atoms with van der Waals surface area (Å²) >= 11 is 0. The molecule has 60 heavy (non-hydrogen) atoms. The van der Waals surface area contributed by atoms with Gasteiger partial charge in [-0.1, -0.05) is 182 Å². The Kier molecular flexibility index (Phi) is 8.87. The molecule has 0 aliphatic heterocycles. The van der Waals surface area contributed by atoms with Gasteiger partial charge in [0.1, 0.15) is 11.3 Å². The molecule has 11 rings (SSSR count). The van der Waals surface area contributed by atoms with Crippen LogP contribution in [0.2, 0.25) is 0 Å². The Morgan fingerprint density at radius 1 is 0.267 bits per heavy atom. The molecule has 1 heterocycles. The quantitative estimate of drug-likeness (QED) is 0.153. The van der Waals surface area contributed by atoms with Crippen molar-refractivity contribution in [3.63, 3.8) is 0 Å². The Morgan fingerprint density at radius 3 is 1.53 bits per heavy atom. The minimum Gasteiger partial charge on any atom is -0.456 e. The van der Waals surface area contributed by atoms with E-state index in [9.17, 15) is 0 Å². The molecule has 0 aliphatic carbocycles. The van der Waals surface area contributed by atoms with E-state index in [1.807, 2.05) is 12.1 Å². The molecule has 2 nitrogen and oxygen atoms in total. The van der Waals surface area contributed by atoms with E-state index in [-0.39, 0.29) is 0 Å². The highest BCUT2D eigenvalue weighted by molar-refractivity contribution is 5.97. The molecule has 0 fully saturated rings. The predicted molar refractivity (Wildman–Crippen MR) is 253 cm³/mol. The Labute approximate surface area is 349 Å². The van der Waals surface area contributed by atoms with Gasteiger partial charge in [-0.15, -0.1) is 0 Å². The second-order valence-electron chi connectivity index (χ2n) is 15.3. The first-order chi connectivity index (χ1) is 29.7. The van der Waals surface area contributed by atoms with E-state index in [2.05, 4.69) is 229 Å². The zero-order chi connectivity index (χ0) is 39.8. The van der Waals surface area contributed by atoms with Gasteiger partial charge in [0, 0.05) is 28.0 Å². The van der Waals surface area contributed by atoms with E-state index >= 15 is 0 Å². The number of benzene rings is 10. The molecule has 0 saturated heterocycles. The fourth-order valence-electron chi connectivity index (χ4n) is 8.60. The third-order valence-corrected chi connectivity index (χ3v) is 11.7. The molecular formula is C58H39NO. The van der Waals surface area contributed by atoms with Gasteiger partial charge in [0.2, 0.25) is 0 Å². The topological polar surface area (TPSA) is 16.4 Å². The summed E-state index contributed by atoms with van der Waals surface area (Å²) in [6, 6.07) is 84.8. The first-order valence-electron chi connectivity index (χ1n) is 20.5. The number of hydrogen-bond donors (Lipinski definition) is 0. The fourth-order valence-corrected chi connectivity index (χ4v) is 8.60. The van der Waals surface area contributed by atoms with Crippen molar-refractivity contribution in [2.75, 3.05) is 4.90 Å². The molecular weight excluding hydrogens is 727 g/mol. The molecule has 0 saturated carbocycles. The summed E-state index contributed by atoms with van der Waals surface area (Å²) in [6.07, 6.45) is 0. The van der Waals surface area contributed by atoms with Crippen LogP contribution in [0.1, 0.15) is 0 Å². The highest BCUT2D eigenvalue weighted by Gasteiger charge is 2.17. The van der Waals surface area contributed by atoms with E-state index in [4.69, 9.17) is 4.42 Å². The molecule has 0 radical (unpaired) electrons. The molecule has 0 N–H and O–H groups in total. The average Bonchev–Trinajstić information content (AvgIpc) is 3.77. The Balaban J connectivity index is 0.945. The van der Waals surface area contributed by atoms with Gasteiger partial charge >= 0.3 is 0 Å². The van der Waals surface area contributed by atoms with Crippen molar-refractivity contribution in [2.24, 2.45) is 0 Å². The largest absolute Gasteiger partial charge is 0.456 e. The third-order valence-electron chi connectivity index (χ3n) is 11.7. The molecule has 0 amide bonds. The van der Waals surface area contributed by atoms with E-state index in [1.54, 1.807) is 0 Å². The van der Waals surface area contributed by atoms with Crippen LogP contribution in [0.25, 0.3) is 88.3 Å². The van der Waals surface area contributed by atoms with Crippen LogP contribution in [0.3, 0.4) is 0 Å². The van der Waals surface area contributed by atoms with Crippen molar-refractivity contribution in [3.05, 3.63) is 237 Å². The molecule has 2 heteroatoms. The molecule has 282 valence electrons. The van der Waals surface area contributed by atoms with Gasteiger partial charge < -0.3 is 9.32 Å². The maximum absolute atomic E-state index is 6.45. The van der Waals surface area contributed by atoms with Crippen molar-refractivity contribution in [1.29, 1.82) is 0 Å². The highest BCUT2D eigenvalue weighted by Crippen LogP contribution is 2.41. The minimum absolute atomic E-state index is 0.861. The number of anilines is 3. The van der Waals surface area contributed by atoms with Crippen LogP contribution in [-0.4, -0.2) is 0 Å². The SMILES string of the molecule is c1ccc(-c2ccc(-c3ccc(N(c4ccc(-c5ccc(-c6cccc7ccccc67)cc5)cc4)c4ccc5ccccc5c4)cc3)cc2-c2cc3ccccc3o2)cc1. The van der Waals surface area contributed by atoms with Crippen molar-refractivity contribution in [2.45, 2.75) is 0 Å². The van der Waals surface area contributed by atoms with Crippen molar-refractivity contribution in [1.82, 2.24) is 0 Å². The zero-order valence-electron chi connectivity index (χ0n) is 32.9. The summed E-state index contributed by atoms with van der Waals surface area (Å²) in [6.45, 7) is 0. The Bertz CT molecular complexity index is 3250. The normalized spacial score (nSPS) is 11.3. The number of furan rings is 1. The summed E-state index contributed by atoms with van der Waals surface area (Å²) in [5.41, 5.74) is 14.6. The number of hydrogen-bond acceptors (Lipinski definition) is 2. The lowest BCUT2D eigenvalue weighted by molar-refractivity contribution is 0.632. The molecule has 0 aliphatic rings. The van der Waals surface area contributed by atoms with E-state index in [0.29, 0.717) is 0 Å². The first kappa shape index (κ1) is 35.2. The summed E-state index contributed by atoms with van der Waals surface area (Å²) in [5.74, 6) is 0.861. The van der Waals surface area contributed by atoms with Crippen molar-refractivity contribution < 1.29 is 4.42 Å². The number of fused-ring (bicyclic) bond motifs is 3. The molecule has 11 aromatic rings. The summed E-state index contributed by atoms with van der Waals surface area (Å²) < 4.78 is 6.45. The van der Waals surface area contributed by atoms with Crippen LogP contribution >= 0.6 is 0 Å². The second-order valence-corrected chi connectivity index (χ2v) is 15.3. The Hall–Kier alpha value is -7.94. The van der Waals surface area contributed by atoms with E-state index in [0.717, 1.165) is 61.6 Å². The first-order valence-corrected chi connectivity index (χ1v) is 20.5. The molecule has 0 spiro atoms. The standard InChI is InChI=1S/C58H39NO/c1-2-12-44(13-3-1)55-36-30-48(38-56(55)58-39-49-16-7-9-20-57(49)60-58)43-27-33-51(34-28-43)59(52-35-29-40-11-4-5-15-47(40)37-52)50-31-25-42(26-32-50)41-21-23-46(24-22-41)54-19-10-17-45-14-6-8-18-53(45)54/h1-39H. The summed E-state index contributed by atoms with van der Waals surface area (Å²) in [5, 5.41) is 6.05. The van der Waals surface area contributed by atoms with Gasteiger partial charge in [0.15, 0.2) is 0 Å². The van der Waals surface area contributed by atoms with Crippen LogP contribution in [0.4, 0.5) is 17.1 Å². The van der Waals surface area contributed by atoms with Crippen LogP contribution < -0.4 is 4.90 Å². The monoisotopic (exact) mass is 765 g/mol. The van der Waals surface area contributed by atoms with Crippen LogP contribution in [-0.2, 0) is 0 Å². The van der Waals surface area contributed by atoms with Gasteiger partial charge in [-0.25, -0.2) is 0 Å². The molecule has 10 aromatic carbocycles. The lowest BCUT2D eigenvalue weighted by atomic mass is 9.93. The number of para-hydroxylation sites is 1.